The molecule has 0 aliphatic heterocycles. The minimum absolute atomic E-state index is 0.000897. The molecule has 9 rings (SSSR count). The molecule has 0 bridgehead atoms. The van der Waals surface area contributed by atoms with Crippen molar-refractivity contribution in [3.63, 3.8) is 0 Å². The van der Waals surface area contributed by atoms with Crippen LogP contribution in [0.25, 0.3) is 0 Å². The van der Waals surface area contributed by atoms with Gasteiger partial charge in [-0.2, -0.15) is 8.42 Å². The van der Waals surface area contributed by atoms with Crippen LogP contribution in [-0.4, -0.2) is 149 Å². The molecule has 8 aliphatic rings. The van der Waals surface area contributed by atoms with Crippen molar-refractivity contribution in [2.24, 2.45) is 92.7 Å². The van der Waals surface area contributed by atoms with Crippen LogP contribution in [0.1, 0.15) is 183 Å². The standard InChI is InChI=1S/C67H101NO20S/c1-37(14-21-58(77)85-51-12-10-11-13-52(51)88-89(82,83)87-43(32-55(72)73)36-68(7,8)9)44-16-18-46-61-47(24-27-65(44,46)5)63(3)26-23-42(29-40(63)31-53(61)86-59(78)35-67(81,62(79)80)34-56(74)75)84-57(76)20-15-38(2)45-17-19-48-60-49(33-54(71)66(45,48)6)64(4)25-22-41(69)28-39(64)30-50(60)70/h10-13,37-50,53-54,60-61,69-71,81H,14-36H2,1-9H3,(H2-,72,73,74,75,79,80)/t37-,38-,39+,40?,41-,42-,43?,44-,45-,46?,47?,48?,49?,50-,53-,54+,60?,61?,63+,64+,65-,66-,67?/m1/s1. The average Bonchev–Trinajstić information content (AvgIpc) is 1.70. The van der Waals surface area contributed by atoms with Crippen LogP contribution in [0.4, 0.5) is 0 Å². The first-order valence-electron chi connectivity index (χ1n) is 33.0. The van der Waals surface area contributed by atoms with Crippen LogP contribution in [0.2, 0.25) is 0 Å². The predicted octanol–water partition coefficient (Wildman–Crippen LogP) is 7.01. The van der Waals surface area contributed by atoms with E-state index in [4.69, 9.17) is 22.6 Å². The highest BCUT2D eigenvalue weighted by Gasteiger charge is 2.67. The summed E-state index contributed by atoms with van der Waals surface area (Å²) in [4.78, 5) is 77.1. The number of ether oxygens (including phenoxy) is 3. The quantitative estimate of drug-likeness (QED) is 0.0344. The van der Waals surface area contributed by atoms with Crippen LogP contribution in [0.15, 0.2) is 24.3 Å². The van der Waals surface area contributed by atoms with E-state index in [9.17, 15) is 72.9 Å². The average molecular weight is 1270 g/mol. The fourth-order valence-electron chi connectivity index (χ4n) is 20.7. The number of aliphatic carboxylic acids is 3. The Hall–Kier alpha value is -4.45. The summed E-state index contributed by atoms with van der Waals surface area (Å²) in [7, 11) is 0.356. The fourth-order valence-corrected chi connectivity index (χ4v) is 21.6. The topological polar surface area (TPSA) is 327 Å². The summed E-state index contributed by atoms with van der Waals surface area (Å²) >= 11 is 0. The van der Waals surface area contributed by atoms with Gasteiger partial charge in [0.15, 0.2) is 17.1 Å². The fraction of sp³-hybridized carbons (Fsp3) is 0.821. The maximum Gasteiger partial charge on any atom is 0.449 e. The van der Waals surface area contributed by atoms with E-state index in [1.807, 2.05) is 0 Å². The SMILES string of the molecule is C[C@H](CCC(=O)O[C@@H]1CC[C@@]2(C)C(C1)C[C@@H](OC(=O)CC(O)(CC(=O)O)C(=O)O)C1C2CC[C@@]2(C)C1CC[C@@H]2[C@H](C)CCC(=O)Oc1ccccc1OS(=O)(=O)OC(CC(=O)[O-])C[N+](C)(C)C)[C@H]1CCC2C3C(C[C@H](O)[C@@]21C)[C@@]1(C)CC[C@@H](O)C[C@H]1C[C@H]3O. The van der Waals surface area contributed by atoms with Gasteiger partial charge in [-0.15, -0.1) is 0 Å². The number of rotatable bonds is 24. The Kier molecular flexibility index (Phi) is 20.2. The number of aliphatic hydroxyl groups excluding tert-OH is 3. The number of esters is 3. The Balaban J connectivity index is 0.841. The number of nitrogens with zero attached hydrogens (tertiary/aromatic N) is 1. The van der Waals surface area contributed by atoms with Crippen molar-refractivity contribution in [2.45, 2.75) is 225 Å². The predicted molar refractivity (Wildman–Crippen MR) is 320 cm³/mol. The molecule has 23 atom stereocenters. The third-order valence-electron chi connectivity index (χ3n) is 25.0. The van der Waals surface area contributed by atoms with Crippen molar-refractivity contribution >= 4 is 46.2 Å². The number of hydrogen-bond donors (Lipinski definition) is 6. The van der Waals surface area contributed by atoms with Gasteiger partial charge in [-0.25, -0.2) is 8.98 Å². The Morgan fingerprint density at radius 3 is 1.93 bits per heavy atom. The molecule has 0 saturated heterocycles. The molecule has 21 nitrogen and oxygen atoms in total. The van der Waals surface area contributed by atoms with Gasteiger partial charge in [-0.05, 0) is 208 Å². The Morgan fingerprint density at radius 2 is 1.27 bits per heavy atom. The van der Waals surface area contributed by atoms with Gasteiger partial charge in [-0.3, -0.25) is 19.2 Å². The van der Waals surface area contributed by atoms with Crippen molar-refractivity contribution in [3.05, 3.63) is 24.3 Å². The molecule has 0 amide bonds. The maximum absolute atomic E-state index is 14.0. The van der Waals surface area contributed by atoms with Gasteiger partial charge in [0.2, 0.25) is 0 Å². The van der Waals surface area contributed by atoms with Gasteiger partial charge >= 0.3 is 40.2 Å². The summed E-state index contributed by atoms with van der Waals surface area (Å²) in [6.07, 6.45) is 5.35. The summed E-state index contributed by atoms with van der Waals surface area (Å²) in [5.74, 6) is -6.59. The van der Waals surface area contributed by atoms with Crippen LogP contribution < -0.4 is 14.0 Å². The molecule has 0 heterocycles. The Bertz CT molecular complexity index is 2900. The number of carboxylic acid groups (broad SMARTS) is 3. The van der Waals surface area contributed by atoms with Gasteiger partial charge in [0.25, 0.3) is 0 Å². The Morgan fingerprint density at radius 1 is 0.674 bits per heavy atom. The lowest BCUT2D eigenvalue weighted by Crippen LogP contribution is -2.62. The second-order valence-electron chi connectivity index (χ2n) is 31.2. The van der Waals surface area contributed by atoms with Crippen LogP contribution >= 0.6 is 0 Å². The van der Waals surface area contributed by atoms with E-state index in [-0.39, 0.29) is 135 Å². The lowest BCUT2D eigenvalue weighted by atomic mass is 9.43. The summed E-state index contributed by atoms with van der Waals surface area (Å²) in [5, 5.41) is 76.5. The minimum atomic E-state index is -4.85. The van der Waals surface area contributed by atoms with E-state index >= 15 is 0 Å². The Labute approximate surface area is 525 Å². The molecule has 6 N–H and O–H groups in total. The van der Waals surface area contributed by atoms with Gasteiger partial charge in [0.05, 0.1) is 52.3 Å². The number of quaternary nitrogens is 1. The number of likely N-dealkylation sites (N-methyl/N-ethyl adjacent to an activating group) is 1. The molecule has 89 heavy (non-hydrogen) atoms. The number of carbonyl (C=O) groups is 6. The number of aliphatic hydroxyl groups is 4. The number of hydrogen-bond acceptors (Lipinski definition) is 18. The molecule has 8 fully saturated rings. The first-order chi connectivity index (χ1) is 41.5. The highest BCUT2D eigenvalue weighted by Crippen LogP contribution is 2.71. The number of carbonyl (C=O) groups excluding carboxylic acids is 4. The second-order valence-corrected chi connectivity index (χ2v) is 32.4. The summed E-state index contributed by atoms with van der Waals surface area (Å²) in [6.45, 7) is 13.4. The van der Waals surface area contributed by atoms with Crippen LogP contribution in [0.3, 0.4) is 0 Å². The molecule has 0 radical (unpaired) electrons. The minimum Gasteiger partial charge on any atom is -0.550 e. The van der Waals surface area contributed by atoms with E-state index < -0.39 is 101 Å². The number of carboxylic acids is 3. The molecule has 22 heteroatoms. The molecule has 9 unspecified atom stereocenters. The zero-order valence-corrected chi connectivity index (χ0v) is 54.5. The molecule has 8 saturated carbocycles. The smallest absolute Gasteiger partial charge is 0.449 e. The highest BCUT2D eigenvalue weighted by atomic mass is 32.3. The van der Waals surface area contributed by atoms with Crippen molar-refractivity contribution in [2.75, 3.05) is 27.7 Å². The van der Waals surface area contributed by atoms with E-state index in [0.29, 0.717) is 51.4 Å². The molecule has 500 valence electrons. The zero-order chi connectivity index (χ0) is 65.1. The number of fused-ring (bicyclic) bond motifs is 10. The molecule has 0 aromatic heterocycles. The van der Waals surface area contributed by atoms with E-state index in [1.165, 1.54) is 24.3 Å². The van der Waals surface area contributed by atoms with Crippen molar-refractivity contribution in [1.82, 2.24) is 0 Å². The van der Waals surface area contributed by atoms with Crippen molar-refractivity contribution < 1.29 is 100.0 Å². The summed E-state index contributed by atoms with van der Waals surface area (Å²) in [6, 6.07) is 5.67. The van der Waals surface area contributed by atoms with Gasteiger partial charge < -0.3 is 63.4 Å². The van der Waals surface area contributed by atoms with Crippen LogP contribution in [0.5, 0.6) is 11.5 Å². The highest BCUT2D eigenvalue weighted by molar-refractivity contribution is 7.82. The summed E-state index contributed by atoms with van der Waals surface area (Å²) in [5.41, 5.74) is -3.89. The third kappa shape index (κ3) is 14.2. The first kappa shape index (κ1) is 68.9. The molecule has 8 aliphatic carbocycles. The molecule has 1 aromatic rings. The lowest BCUT2D eigenvalue weighted by molar-refractivity contribution is -0.873. The van der Waals surface area contributed by atoms with Crippen molar-refractivity contribution in [3.8, 4) is 11.5 Å². The van der Waals surface area contributed by atoms with Crippen LogP contribution in [-0.2, 0) is 52.8 Å². The molecule has 1 aromatic carbocycles. The van der Waals surface area contributed by atoms with Gasteiger partial charge in [-0.1, -0.05) is 53.7 Å². The largest absolute Gasteiger partial charge is 0.550 e. The molecular weight excluding hydrogens is 1170 g/mol. The van der Waals surface area contributed by atoms with Gasteiger partial charge in [0, 0.05) is 31.1 Å². The lowest BCUT2D eigenvalue weighted by Gasteiger charge is -2.63. The summed E-state index contributed by atoms with van der Waals surface area (Å²) < 4.78 is 55.2. The zero-order valence-electron chi connectivity index (χ0n) is 53.7. The second kappa shape index (κ2) is 26.2. The van der Waals surface area contributed by atoms with E-state index in [2.05, 4.69) is 41.5 Å². The maximum atomic E-state index is 14.0. The first-order valence-corrected chi connectivity index (χ1v) is 34.4. The normalized spacial score (nSPS) is 39.1. The van der Waals surface area contributed by atoms with E-state index in [1.54, 1.807) is 21.1 Å². The molecular formula is C67H101NO20S. The third-order valence-corrected chi connectivity index (χ3v) is 25.9. The number of benzene rings is 1. The van der Waals surface area contributed by atoms with Crippen molar-refractivity contribution in [1.29, 1.82) is 0 Å². The monoisotopic (exact) mass is 1270 g/mol. The number of para-hydroxylation sites is 2. The van der Waals surface area contributed by atoms with Crippen LogP contribution in [0, 0.1) is 92.7 Å². The molecule has 0 spiro atoms. The van der Waals surface area contributed by atoms with E-state index in [0.717, 1.165) is 57.8 Å². The van der Waals surface area contributed by atoms with Gasteiger partial charge in [0.1, 0.15) is 24.9 Å².